The fourth-order valence-corrected chi connectivity index (χ4v) is 1.45. The molecule has 0 radical (unpaired) electrons. The highest BCUT2D eigenvalue weighted by Gasteiger charge is 2.06. The van der Waals surface area contributed by atoms with Crippen molar-refractivity contribution in [2.75, 3.05) is 14.2 Å². The second-order valence-corrected chi connectivity index (χ2v) is 3.01. The standard InChI is InChI=1S/C9H12O2S/c1-6-4-7(12)5-8(10-2)9(6)11-3/h4-5,12H,1-3H3. The van der Waals surface area contributed by atoms with E-state index in [9.17, 15) is 0 Å². The third-order valence-corrected chi connectivity index (χ3v) is 1.91. The lowest BCUT2D eigenvalue weighted by Gasteiger charge is -2.10. The fraction of sp³-hybridized carbons (Fsp3) is 0.333. The van der Waals surface area contributed by atoms with E-state index in [1.807, 2.05) is 19.1 Å². The molecule has 3 heteroatoms. The molecule has 12 heavy (non-hydrogen) atoms. The zero-order valence-electron chi connectivity index (χ0n) is 7.42. The van der Waals surface area contributed by atoms with Crippen LogP contribution in [0.3, 0.4) is 0 Å². The summed E-state index contributed by atoms with van der Waals surface area (Å²) >= 11 is 4.23. The quantitative estimate of drug-likeness (QED) is 0.711. The molecular formula is C9H12O2S. The summed E-state index contributed by atoms with van der Waals surface area (Å²) < 4.78 is 10.3. The monoisotopic (exact) mass is 184 g/mol. The van der Waals surface area contributed by atoms with Crippen molar-refractivity contribution in [1.82, 2.24) is 0 Å². The maximum absolute atomic E-state index is 5.16. The number of hydrogen-bond donors (Lipinski definition) is 1. The highest BCUT2D eigenvalue weighted by Crippen LogP contribution is 2.32. The number of aryl methyl sites for hydroxylation is 1. The van der Waals surface area contributed by atoms with E-state index in [-0.39, 0.29) is 0 Å². The Hall–Kier alpha value is -0.830. The van der Waals surface area contributed by atoms with Gasteiger partial charge in [0.25, 0.3) is 0 Å². The van der Waals surface area contributed by atoms with Crippen molar-refractivity contribution in [3.63, 3.8) is 0 Å². The van der Waals surface area contributed by atoms with Crippen LogP contribution >= 0.6 is 12.6 Å². The smallest absolute Gasteiger partial charge is 0.163 e. The predicted molar refractivity (Wildman–Crippen MR) is 51.5 cm³/mol. The molecule has 0 unspecified atom stereocenters. The Labute approximate surface area is 77.9 Å². The van der Waals surface area contributed by atoms with Gasteiger partial charge in [0.15, 0.2) is 11.5 Å². The normalized spacial score (nSPS) is 9.67. The van der Waals surface area contributed by atoms with Gasteiger partial charge < -0.3 is 9.47 Å². The summed E-state index contributed by atoms with van der Waals surface area (Å²) in [7, 11) is 3.24. The second-order valence-electron chi connectivity index (χ2n) is 2.50. The third-order valence-electron chi connectivity index (χ3n) is 1.65. The summed E-state index contributed by atoms with van der Waals surface area (Å²) in [6.45, 7) is 1.96. The van der Waals surface area contributed by atoms with Gasteiger partial charge in [-0.15, -0.1) is 12.6 Å². The van der Waals surface area contributed by atoms with Crippen LogP contribution < -0.4 is 9.47 Å². The van der Waals surface area contributed by atoms with Crippen molar-refractivity contribution < 1.29 is 9.47 Å². The van der Waals surface area contributed by atoms with Crippen LogP contribution in [0, 0.1) is 6.92 Å². The van der Waals surface area contributed by atoms with Gasteiger partial charge in [0.05, 0.1) is 14.2 Å². The molecule has 0 aliphatic heterocycles. The molecule has 1 aromatic rings. The topological polar surface area (TPSA) is 18.5 Å². The second kappa shape index (κ2) is 3.72. The van der Waals surface area contributed by atoms with E-state index in [0.717, 1.165) is 22.0 Å². The Bertz CT molecular complexity index is 284. The highest BCUT2D eigenvalue weighted by atomic mass is 32.1. The highest BCUT2D eigenvalue weighted by molar-refractivity contribution is 7.80. The van der Waals surface area contributed by atoms with Gasteiger partial charge in [0, 0.05) is 4.90 Å². The van der Waals surface area contributed by atoms with Crippen LogP contribution in [0.1, 0.15) is 5.56 Å². The Morgan fingerprint density at radius 1 is 1.17 bits per heavy atom. The molecule has 0 heterocycles. The molecule has 66 valence electrons. The lowest BCUT2D eigenvalue weighted by molar-refractivity contribution is 0.352. The van der Waals surface area contributed by atoms with Crippen LogP contribution in [0.25, 0.3) is 0 Å². The van der Waals surface area contributed by atoms with E-state index >= 15 is 0 Å². The first-order chi connectivity index (χ1) is 5.69. The molecular weight excluding hydrogens is 172 g/mol. The van der Waals surface area contributed by atoms with Crippen molar-refractivity contribution in [3.05, 3.63) is 17.7 Å². The van der Waals surface area contributed by atoms with Gasteiger partial charge in [-0.1, -0.05) is 0 Å². The van der Waals surface area contributed by atoms with Crippen LogP contribution in [0.4, 0.5) is 0 Å². The maximum atomic E-state index is 5.16. The fourth-order valence-electron chi connectivity index (χ4n) is 1.14. The number of ether oxygens (including phenoxy) is 2. The summed E-state index contributed by atoms with van der Waals surface area (Å²) in [5.41, 5.74) is 1.03. The van der Waals surface area contributed by atoms with E-state index < -0.39 is 0 Å². The zero-order chi connectivity index (χ0) is 9.14. The molecule has 0 saturated heterocycles. The minimum Gasteiger partial charge on any atom is -0.493 e. The molecule has 0 fully saturated rings. The Morgan fingerprint density at radius 3 is 2.33 bits per heavy atom. The molecule has 0 aliphatic carbocycles. The van der Waals surface area contributed by atoms with Gasteiger partial charge in [-0.05, 0) is 24.6 Å². The van der Waals surface area contributed by atoms with Crippen molar-refractivity contribution in [3.8, 4) is 11.5 Å². The summed E-state index contributed by atoms with van der Waals surface area (Å²) in [6, 6.07) is 3.76. The van der Waals surface area contributed by atoms with Crippen molar-refractivity contribution in [2.45, 2.75) is 11.8 Å². The number of benzene rings is 1. The van der Waals surface area contributed by atoms with E-state index in [1.54, 1.807) is 14.2 Å². The van der Waals surface area contributed by atoms with Gasteiger partial charge >= 0.3 is 0 Å². The van der Waals surface area contributed by atoms with Crippen LogP contribution in [0.15, 0.2) is 17.0 Å². The summed E-state index contributed by atoms with van der Waals surface area (Å²) in [5, 5.41) is 0. The first kappa shape index (κ1) is 9.26. The van der Waals surface area contributed by atoms with E-state index in [0.29, 0.717) is 0 Å². The maximum Gasteiger partial charge on any atom is 0.163 e. The molecule has 0 amide bonds. The number of hydrogen-bond acceptors (Lipinski definition) is 3. The Balaban J connectivity index is 3.24. The predicted octanol–water partition coefficient (Wildman–Crippen LogP) is 2.30. The summed E-state index contributed by atoms with van der Waals surface area (Å²) in [6.07, 6.45) is 0. The van der Waals surface area contributed by atoms with Crippen LogP contribution in [-0.4, -0.2) is 14.2 Å². The van der Waals surface area contributed by atoms with Crippen molar-refractivity contribution >= 4 is 12.6 Å². The van der Waals surface area contributed by atoms with Crippen molar-refractivity contribution in [2.24, 2.45) is 0 Å². The van der Waals surface area contributed by atoms with Gasteiger partial charge in [-0.2, -0.15) is 0 Å². The van der Waals surface area contributed by atoms with Crippen LogP contribution in [-0.2, 0) is 0 Å². The largest absolute Gasteiger partial charge is 0.493 e. The SMILES string of the molecule is COc1cc(S)cc(C)c1OC. The Morgan fingerprint density at radius 2 is 1.83 bits per heavy atom. The minimum atomic E-state index is 0.725. The van der Waals surface area contributed by atoms with Gasteiger partial charge in [-0.3, -0.25) is 0 Å². The number of rotatable bonds is 2. The van der Waals surface area contributed by atoms with Crippen molar-refractivity contribution in [1.29, 1.82) is 0 Å². The molecule has 0 saturated carbocycles. The first-order valence-corrected chi connectivity index (χ1v) is 4.05. The van der Waals surface area contributed by atoms with Gasteiger partial charge in [0.1, 0.15) is 0 Å². The van der Waals surface area contributed by atoms with Crippen LogP contribution in [0.5, 0.6) is 11.5 Å². The first-order valence-electron chi connectivity index (χ1n) is 3.60. The molecule has 1 rings (SSSR count). The van der Waals surface area contributed by atoms with Gasteiger partial charge in [0.2, 0.25) is 0 Å². The van der Waals surface area contributed by atoms with E-state index in [2.05, 4.69) is 12.6 Å². The molecule has 0 aliphatic rings. The summed E-state index contributed by atoms with van der Waals surface area (Å²) in [4.78, 5) is 0.880. The average molecular weight is 184 g/mol. The van der Waals surface area contributed by atoms with E-state index in [4.69, 9.17) is 9.47 Å². The third kappa shape index (κ3) is 1.67. The summed E-state index contributed by atoms with van der Waals surface area (Å²) in [5.74, 6) is 1.50. The number of methoxy groups -OCH3 is 2. The molecule has 2 nitrogen and oxygen atoms in total. The average Bonchev–Trinajstić information content (AvgIpc) is 2.03. The Kier molecular flexibility index (Phi) is 2.87. The lowest BCUT2D eigenvalue weighted by atomic mass is 10.2. The van der Waals surface area contributed by atoms with E-state index in [1.165, 1.54) is 0 Å². The molecule has 1 aromatic carbocycles. The van der Waals surface area contributed by atoms with Gasteiger partial charge in [-0.25, -0.2) is 0 Å². The molecule has 0 spiro atoms. The molecule has 0 bridgehead atoms. The molecule has 0 N–H and O–H groups in total. The number of thiol groups is 1. The zero-order valence-corrected chi connectivity index (χ0v) is 8.31. The molecule has 0 atom stereocenters. The minimum absolute atomic E-state index is 0.725. The lowest BCUT2D eigenvalue weighted by Crippen LogP contribution is -1.92. The van der Waals surface area contributed by atoms with Crippen LogP contribution in [0.2, 0.25) is 0 Å². The molecule has 0 aromatic heterocycles.